The average Bonchev–Trinajstić information content (AvgIpc) is 3.20. The maximum absolute atomic E-state index is 15.6. The van der Waals surface area contributed by atoms with Crippen LogP contribution in [0, 0.1) is 6.92 Å². The van der Waals surface area contributed by atoms with Crippen LogP contribution in [0.4, 0.5) is 11.4 Å². The van der Waals surface area contributed by atoms with Crippen molar-refractivity contribution in [3.8, 4) is 0 Å². The Morgan fingerprint density at radius 3 is 1.75 bits per heavy atom. The molecule has 0 N–H and O–H groups in total. The number of rotatable bonds is 5. The normalized spacial score (nSPS) is 19.8. The van der Waals surface area contributed by atoms with Gasteiger partial charge in [0.15, 0.2) is 0 Å². The lowest BCUT2D eigenvalue weighted by molar-refractivity contribution is 0.0302. The maximum atomic E-state index is 15.6. The Labute approximate surface area is 190 Å². The van der Waals surface area contributed by atoms with E-state index in [1.807, 2.05) is 36.4 Å². The van der Waals surface area contributed by atoms with Crippen LogP contribution in [0.1, 0.15) is 16.9 Å². The van der Waals surface area contributed by atoms with Crippen LogP contribution in [0.5, 0.6) is 0 Å². The van der Waals surface area contributed by atoms with Crippen molar-refractivity contribution in [2.75, 3.05) is 48.7 Å². The zero-order valence-electron chi connectivity index (χ0n) is 18.5. The van der Waals surface area contributed by atoms with Crippen molar-refractivity contribution >= 4 is 18.8 Å². The molecule has 0 spiro atoms. The summed E-state index contributed by atoms with van der Waals surface area (Å²) in [5.74, 6) is -0.240. The molecule has 2 saturated heterocycles. The monoisotopic (exact) mass is 447 g/mol. The molecular formula is C26H30N3O2P. The predicted molar refractivity (Wildman–Crippen MR) is 131 cm³/mol. The molecule has 32 heavy (non-hydrogen) atoms. The fourth-order valence-electron chi connectivity index (χ4n) is 4.95. The lowest BCUT2D eigenvalue weighted by Crippen LogP contribution is -2.42. The van der Waals surface area contributed by atoms with Gasteiger partial charge in [-0.3, -0.25) is 9.46 Å². The van der Waals surface area contributed by atoms with Crippen LogP contribution in [-0.2, 0) is 9.30 Å². The number of morpholine rings is 1. The van der Waals surface area contributed by atoms with Gasteiger partial charge in [0.25, 0.3) is 7.44 Å². The second kappa shape index (κ2) is 9.11. The molecule has 0 amide bonds. The van der Waals surface area contributed by atoms with Crippen LogP contribution in [0.3, 0.4) is 0 Å². The number of hydrogen-bond donors (Lipinski definition) is 0. The van der Waals surface area contributed by atoms with Gasteiger partial charge in [0, 0.05) is 37.6 Å². The van der Waals surface area contributed by atoms with Gasteiger partial charge in [-0.1, -0.05) is 60.7 Å². The molecule has 0 unspecified atom stereocenters. The molecule has 5 nitrogen and oxygen atoms in total. The lowest BCUT2D eigenvalue weighted by Gasteiger charge is -2.44. The van der Waals surface area contributed by atoms with Crippen molar-refractivity contribution in [2.45, 2.75) is 12.7 Å². The van der Waals surface area contributed by atoms with Crippen LogP contribution < -0.4 is 9.34 Å². The third kappa shape index (κ3) is 3.75. The summed E-state index contributed by atoms with van der Waals surface area (Å²) in [6.07, 6.45) is 0. The van der Waals surface area contributed by atoms with Gasteiger partial charge >= 0.3 is 0 Å². The number of hydrogen-bond acceptors (Lipinski definition) is 3. The zero-order chi connectivity index (χ0) is 22.0. The summed E-state index contributed by atoms with van der Waals surface area (Å²) < 4.78 is 25.6. The molecule has 0 aromatic heterocycles. The molecule has 2 heterocycles. The van der Waals surface area contributed by atoms with Crippen LogP contribution in [-0.4, -0.2) is 44.3 Å². The SMILES string of the molecule is Cc1ccccc1[C@@H](N1CCOCC1)P1(=O)N(c2ccccc2)CCN1c1ccccc1. The van der Waals surface area contributed by atoms with E-state index in [4.69, 9.17) is 4.74 Å². The van der Waals surface area contributed by atoms with E-state index in [2.05, 4.69) is 69.7 Å². The minimum absolute atomic E-state index is 0.240. The third-order valence-electron chi connectivity index (χ3n) is 6.50. The summed E-state index contributed by atoms with van der Waals surface area (Å²) in [6.45, 7) is 6.46. The van der Waals surface area contributed by atoms with Gasteiger partial charge in [0.2, 0.25) is 0 Å². The van der Waals surface area contributed by atoms with Crippen molar-refractivity contribution in [3.05, 3.63) is 96.1 Å². The number of nitrogens with zero attached hydrogens (tertiary/aromatic N) is 3. The van der Waals surface area contributed by atoms with Crippen molar-refractivity contribution < 1.29 is 9.30 Å². The number of anilines is 2. The Bertz CT molecular complexity index is 1030. The summed E-state index contributed by atoms with van der Waals surface area (Å²) in [6, 6.07) is 28.9. The summed E-state index contributed by atoms with van der Waals surface area (Å²) in [4.78, 5) is 2.38. The van der Waals surface area contributed by atoms with E-state index in [1.165, 1.54) is 5.56 Å². The predicted octanol–water partition coefficient (Wildman–Crippen LogP) is 5.55. The largest absolute Gasteiger partial charge is 0.379 e. The quantitative estimate of drug-likeness (QED) is 0.480. The van der Waals surface area contributed by atoms with Crippen molar-refractivity contribution in [1.82, 2.24) is 4.90 Å². The molecule has 0 bridgehead atoms. The van der Waals surface area contributed by atoms with Crippen LogP contribution in [0.2, 0.25) is 0 Å². The highest BCUT2D eigenvalue weighted by Crippen LogP contribution is 2.70. The minimum Gasteiger partial charge on any atom is -0.379 e. The maximum Gasteiger partial charge on any atom is 0.284 e. The molecule has 5 rings (SSSR count). The highest BCUT2D eigenvalue weighted by molar-refractivity contribution is 7.67. The van der Waals surface area contributed by atoms with Gasteiger partial charge < -0.3 is 14.1 Å². The standard InChI is InChI=1S/C26H30N3O2P/c1-22-10-8-9-15-25(22)26(27-18-20-31-21-19-27)32(30)28(23-11-4-2-5-12-23)16-17-29(32)24-13-6-3-7-14-24/h2-15,26H,16-21H2,1H3/t26-/m0/s1. The average molecular weight is 448 g/mol. The molecule has 0 saturated carbocycles. The van der Waals surface area contributed by atoms with Gasteiger partial charge in [-0.05, 0) is 42.3 Å². The van der Waals surface area contributed by atoms with E-state index >= 15 is 4.57 Å². The molecule has 2 aliphatic rings. The van der Waals surface area contributed by atoms with Crippen LogP contribution in [0.15, 0.2) is 84.9 Å². The molecule has 1 atom stereocenters. The lowest BCUT2D eigenvalue weighted by atomic mass is 10.1. The number of ether oxygens (including phenoxy) is 1. The molecule has 2 aliphatic heterocycles. The molecule has 6 heteroatoms. The summed E-state index contributed by atoms with van der Waals surface area (Å²) in [5.41, 5.74) is 4.34. The van der Waals surface area contributed by atoms with Crippen molar-refractivity contribution in [3.63, 3.8) is 0 Å². The first kappa shape index (κ1) is 21.3. The number of aryl methyl sites for hydroxylation is 1. The Hall–Kier alpha value is -2.59. The summed E-state index contributed by atoms with van der Waals surface area (Å²) in [7, 11) is -3.12. The van der Waals surface area contributed by atoms with Gasteiger partial charge in [-0.15, -0.1) is 0 Å². The second-order valence-electron chi connectivity index (χ2n) is 8.39. The van der Waals surface area contributed by atoms with Crippen LogP contribution >= 0.6 is 7.44 Å². The fraction of sp³-hybridized carbons (Fsp3) is 0.308. The highest BCUT2D eigenvalue weighted by Gasteiger charge is 2.52. The topological polar surface area (TPSA) is 36.0 Å². The van der Waals surface area contributed by atoms with E-state index in [0.717, 1.165) is 43.1 Å². The first-order valence-corrected chi connectivity index (χ1v) is 13.0. The summed E-state index contributed by atoms with van der Waals surface area (Å²) in [5, 5.41) is 0. The number of para-hydroxylation sites is 2. The summed E-state index contributed by atoms with van der Waals surface area (Å²) >= 11 is 0. The first-order chi connectivity index (χ1) is 15.7. The van der Waals surface area contributed by atoms with Gasteiger partial charge in [-0.2, -0.15) is 0 Å². The molecule has 3 aromatic rings. The molecule has 0 radical (unpaired) electrons. The van der Waals surface area contributed by atoms with Gasteiger partial charge in [-0.25, -0.2) is 0 Å². The Morgan fingerprint density at radius 1 is 0.719 bits per heavy atom. The smallest absolute Gasteiger partial charge is 0.284 e. The molecule has 2 fully saturated rings. The van der Waals surface area contributed by atoms with Crippen molar-refractivity contribution in [2.24, 2.45) is 0 Å². The van der Waals surface area contributed by atoms with E-state index in [0.29, 0.717) is 13.2 Å². The molecule has 3 aromatic carbocycles. The van der Waals surface area contributed by atoms with E-state index in [9.17, 15) is 0 Å². The Balaban J connectivity index is 1.71. The third-order valence-corrected chi connectivity index (χ3v) is 9.99. The fourth-order valence-corrected chi connectivity index (χ4v) is 8.73. The zero-order valence-corrected chi connectivity index (χ0v) is 19.4. The number of benzene rings is 3. The van der Waals surface area contributed by atoms with E-state index < -0.39 is 7.44 Å². The molecular weight excluding hydrogens is 417 g/mol. The molecule has 0 aliphatic carbocycles. The van der Waals surface area contributed by atoms with Gasteiger partial charge in [0.1, 0.15) is 5.78 Å². The van der Waals surface area contributed by atoms with E-state index in [1.54, 1.807) is 0 Å². The molecule has 166 valence electrons. The minimum atomic E-state index is -3.12. The van der Waals surface area contributed by atoms with Crippen molar-refractivity contribution in [1.29, 1.82) is 0 Å². The van der Waals surface area contributed by atoms with Crippen LogP contribution in [0.25, 0.3) is 0 Å². The second-order valence-corrected chi connectivity index (χ2v) is 11.0. The highest BCUT2D eigenvalue weighted by atomic mass is 31.2. The Morgan fingerprint density at radius 2 is 1.22 bits per heavy atom. The van der Waals surface area contributed by atoms with E-state index in [-0.39, 0.29) is 5.78 Å². The Kier molecular flexibility index (Phi) is 6.05. The first-order valence-electron chi connectivity index (χ1n) is 11.3. The van der Waals surface area contributed by atoms with Gasteiger partial charge in [0.05, 0.1) is 13.2 Å².